The number of ketones is 1. The number of nitrogens with zero attached hydrogens (tertiary/aromatic N) is 3. The summed E-state index contributed by atoms with van der Waals surface area (Å²) >= 11 is 0. The molecule has 0 saturated carbocycles. The average molecular weight is 580 g/mol. The second-order valence-electron chi connectivity index (χ2n) is 8.02. The number of aromatic amines is 1. The normalized spacial score (nSPS) is 12.7. The van der Waals surface area contributed by atoms with E-state index in [0.717, 1.165) is 18.6 Å². The lowest BCUT2D eigenvalue weighted by molar-refractivity contribution is -0.137. The number of aromatic nitrogens is 3. The van der Waals surface area contributed by atoms with Crippen LogP contribution in [0.5, 0.6) is 0 Å². The number of halogens is 5. The van der Waals surface area contributed by atoms with Gasteiger partial charge >= 0.3 is 6.18 Å². The Kier molecular flexibility index (Phi) is 7.55. The summed E-state index contributed by atoms with van der Waals surface area (Å²) in [5, 5.41) is 2.87. The molecule has 0 radical (unpaired) electrons. The molecule has 10 nitrogen and oxygen atoms in total. The van der Waals surface area contributed by atoms with Crippen LogP contribution in [0.2, 0.25) is 0 Å². The molecule has 5 N–H and O–H groups in total. The Morgan fingerprint density at radius 3 is 2.42 bits per heavy atom. The van der Waals surface area contributed by atoms with Crippen molar-refractivity contribution in [3.63, 3.8) is 0 Å². The summed E-state index contributed by atoms with van der Waals surface area (Å²) in [5.41, 5.74) is 2.68. The molecule has 16 heteroatoms. The Labute approximate surface area is 222 Å². The first-order valence-corrected chi connectivity index (χ1v) is 12.5. The van der Waals surface area contributed by atoms with Gasteiger partial charge in [-0.3, -0.25) is 14.5 Å². The fourth-order valence-corrected chi connectivity index (χ4v) is 4.69. The number of anilines is 2. The van der Waals surface area contributed by atoms with Crippen LogP contribution in [0.1, 0.15) is 21.5 Å². The van der Waals surface area contributed by atoms with Crippen molar-refractivity contribution in [1.82, 2.24) is 15.0 Å². The predicted molar refractivity (Wildman–Crippen MR) is 136 cm³/mol. The van der Waals surface area contributed by atoms with E-state index in [1.54, 1.807) is 0 Å². The second kappa shape index (κ2) is 10.7. The van der Waals surface area contributed by atoms with Gasteiger partial charge in [0.25, 0.3) is 10.0 Å². The minimum Gasteiger partial charge on any atom is -0.403 e. The van der Waals surface area contributed by atoms with Crippen LogP contribution < -0.4 is 15.8 Å². The first kappa shape index (κ1) is 28.2. The van der Waals surface area contributed by atoms with E-state index in [0.29, 0.717) is 30.3 Å². The van der Waals surface area contributed by atoms with Crippen LogP contribution in [0.3, 0.4) is 0 Å². The molecular formula is C24H18F5N7O3S. The largest absolute Gasteiger partial charge is 0.416 e. The number of H-pyrrole nitrogens is 1. The summed E-state index contributed by atoms with van der Waals surface area (Å²) in [6.45, 7) is 0. The summed E-state index contributed by atoms with van der Waals surface area (Å²) in [7, 11) is -3.15. The summed E-state index contributed by atoms with van der Waals surface area (Å²) in [6, 6.07) is 3.81. The van der Waals surface area contributed by atoms with Gasteiger partial charge < -0.3 is 16.0 Å². The van der Waals surface area contributed by atoms with Crippen LogP contribution in [0.15, 0.2) is 70.7 Å². The zero-order valence-electron chi connectivity index (χ0n) is 20.2. The maximum absolute atomic E-state index is 15.5. The minimum atomic E-state index is -4.71. The third kappa shape index (κ3) is 5.47. The summed E-state index contributed by atoms with van der Waals surface area (Å²) in [5.74, 6) is -3.99. The molecule has 4 aromatic rings. The van der Waals surface area contributed by atoms with Crippen molar-refractivity contribution in [3.8, 4) is 0 Å². The number of carbonyl (C=O) groups excluding carboxylic acids is 1. The number of rotatable bonds is 8. The Morgan fingerprint density at radius 1 is 1.10 bits per heavy atom. The number of carbonyl (C=O) groups is 1. The van der Waals surface area contributed by atoms with Crippen LogP contribution >= 0.6 is 0 Å². The van der Waals surface area contributed by atoms with Gasteiger partial charge in [0.05, 0.1) is 38.4 Å². The molecule has 4 rings (SSSR count). The second-order valence-corrected chi connectivity index (χ2v) is 9.71. The first-order chi connectivity index (χ1) is 18.9. The molecule has 0 amide bonds. The van der Waals surface area contributed by atoms with Gasteiger partial charge in [0.2, 0.25) is 5.78 Å². The monoisotopic (exact) mass is 579 g/mol. The maximum atomic E-state index is 15.5. The Bertz CT molecular complexity index is 1770. The van der Waals surface area contributed by atoms with E-state index >= 15 is 4.39 Å². The predicted octanol–water partition coefficient (Wildman–Crippen LogP) is 4.20. The number of alkyl halides is 3. The van der Waals surface area contributed by atoms with Crippen LogP contribution in [0, 0.1) is 11.6 Å². The van der Waals surface area contributed by atoms with E-state index in [2.05, 4.69) is 25.3 Å². The van der Waals surface area contributed by atoms with Crippen molar-refractivity contribution in [1.29, 1.82) is 0 Å². The van der Waals surface area contributed by atoms with Crippen molar-refractivity contribution in [2.24, 2.45) is 10.7 Å². The lowest BCUT2D eigenvalue weighted by atomic mass is 10.0. The van der Waals surface area contributed by atoms with Gasteiger partial charge in [-0.15, -0.1) is 0 Å². The van der Waals surface area contributed by atoms with Crippen LogP contribution in [-0.4, -0.2) is 42.4 Å². The molecule has 2 aromatic heterocycles. The van der Waals surface area contributed by atoms with Crippen LogP contribution in [0.25, 0.3) is 11.0 Å². The van der Waals surface area contributed by atoms with Crippen molar-refractivity contribution < 1.29 is 35.2 Å². The molecule has 0 aliphatic rings. The fraction of sp³-hybridized carbons (Fsp3) is 0.0833. The average Bonchev–Trinajstić information content (AvgIpc) is 3.35. The van der Waals surface area contributed by atoms with Gasteiger partial charge in [0.15, 0.2) is 5.82 Å². The number of nitrogens with two attached hydrogens (primary N) is 1. The highest BCUT2D eigenvalue weighted by Crippen LogP contribution is 2.32. The highest BCUT2D eigenvalue weighted by molar-refractivity contribution is 7.92. The number of fused-ring (bicyclic) bond motifs is 1. The Morgan fingerprint density at radius 2 is 1.80 bits per heavy atom. The lowest BCUT2D eigenvalue weighted by Gasteiger charge is -2.13. The summed E-state index contributed by atoms with van der Waals surface area (Å²) in [4.78, 5) is 27.3. The van der Waals surface area contributed by atoms with Crippen LogP contribution in [0.4, 0.5) is 33.5 Å². The molecule has 208 valence electrons. The van der Waals surface area contributed by atoms with Crippen molar-refractivity contribution in [3.05, 3.63) is 89.1 Å². The molecule has 0 aliphatic heterocycles. The van der Waals surface area contributed by atoms with Crippen molar-refractivity contribution >= 4 is 44.6 Å². The number of hydrogen-bond acceptors (Lipinski definition) is 8. The van der Waals surface area contributed by atoms with Gasteiger partial charge in [-0.2, -0.15) is 13.2 Å². The molecule has 0 unspecified atom stereocenters. The summed E-state index contributed by atoms with van der Waals surface area (Å²) < 4.78 is 96.0. The SMILES string of the molecule is CN=CC(=CN)Nc1ncnc2[nH]cc(C(=O)c3c(F)ccc(NS(=O)(=O)c4ccc(C(F)(F)F)cc4)c3F)c12. The summed E-state index contributed by atoms with van der Waals surface area (Å²) in [6.07, 6.45) is 0.117. The molecule has 0 bridgehead atoms. The van der Waals surface area contributed by atoms with Crippen molar-refractivity contribution in [2.75, 3.05) is 17.1 Å². The molecule has 2 heterocycles. The number of aliphatic imine (C=N–C) groups is 1. The van der Waals surface area contributed by atoms with Crippen molar-refractivity contribution in [2.45, 2.75) is 11.1 Å². The lowest BCUT2D eigenvalue weighted by Crippen LogP contribution is -2.17. The number of benzene rings is 2. The van der Waals surface area contributed by atoms with Crippen LogP contribution in [-0.2, 0) is 16.2 Å². The minimum absolute atomic E-state index is 0.0471. The molecule has 0 atom stereocenters. The third-order valence-corrected chi connectivity index (χ3v) is 6.86. The first-order valence-electron chi connectivity index (χ1n) is 11.0. The van der Waals surface area contributed by atoms with E-state index in [1.165, 1.54) is 19.5 Å². The van der Waals surface area contributed by atoms with Gasteiger partial charge in [-0.05, 0) is 36.4 Å². The molecule has 0 spiro atoms. The quantitative estimate of drug-likeness (QED) is 0.139. The standard InChI is InChI=1S/C24H18F5N7O3S/c1-31-9-13(8-30)35-23-18-15(10-32-22(18)33-11-34-23)21(37)19-16(25)6-7-17(20(19)26)36-40(38,39)14-4-2-12(3-5-14)24(27,28)29/h2-11,36H,30H2,1H3,(H2,32,33,34,35). The molecule has 0 aliphatic carbocycles. The van der Waals surface area contributed by atoms with Gasteiger partial charge in [0, 0.05) is 25.7 Å². The van der Waals surface area contributed by atoms with E-state index in [-0.39, 0.29) is 28.1 Å². The fourth-order valence-electron chi connectivity index (χ4n) is 3.63. The van der Waals surface area contributed by atoms with E-state index in [9.17, 15) is 30.8 Å². The third-order valence-electron chi connectivity index (χ3n) is 5.48. The molecule has 0 saturated heterocycles. The molecule has 40 heavy (non-hydrogen) atoms. The maximum Gasteiger partial charge on any atom is 0.416 e. The zero-order chi connectivity index (χ0) is 29.2. The zero-order valence-corrected chi connectivity index (χ0v) is 21.0. The highest BCUT2D eigenvalue weighted by Gasteiger charge is 2.31. The Hall–Kier alpha value is -4.86. The van der Waals surface area contributed by atoms with Gasteiger partial charge in [-0.25, -0.2) is 27.2 Å². The topological polar surface area (TPSA) is 155 Å². The Balaban J connectivity index is 1.73. The number of allylic oxidation sites excluding steroid dienone is 1. The molecule has 2 aromatic carbocycles. The van der Waals surface area contributed by atoms with E-state index < -0.39 is 55.3 Å². The van der Waals surface area contributed by atoms with Gasteiger partial charge in [-0.1, -0.05) is 0 Å². The highest BCUT2D eigenvalue weighted by atomic mass is 32.2. The molecular weight excluding hydrogens is 561 g/mol. The number of sulfonamides is 1. The van der Waals surface area contributed by atoms with Gasteiger partial charge in [0.1, 0.15) is 23.6 Å². The van der Waals surface area contributed by atoms with E-state index in [1.807, 2.05) is 4.72 Å². The smallest absolute Gasteiger partial charge is 0.403 e. The molecule has 0 fully saturated rings. The number of nitrogens with one attached hydrogen (secondary N) is 3. The number of hydrogen-bond donors (Lipinski definition) is 4. The van der Waals surface area contributed by atoms with E-state index in [4.69, 9.17) is 5.73 Å².